The number of carbonyl (C=O) groups excluding carboxylic acids is 1. The minimum Gasteiger partial charge on any atom is -0.616 e. The average molecular weight is 540 g/mol. The average Bonchev–Trinajstić information content (AvgIpc) is 3.52. The highest BCUT2D eigenvalue weighted by Gasteiger charge is 2.39. The molecular formula is C23H29N11O3S. The number of hydrogen-bond acceptors (Lipinski definition) is 12. The summed E-state index contributed by atoms with van der Waals surface area (Å²) in [6.45, 7) is 1.57. The number of ether oxygens (including phenoxy) is 1. The zero-order valence-electron chi connectivity index (χ0n) is 20.9. The minimum absolute atomic E-state index is 0.185. The molecule has 5 heterocycles. The van der Waals surface area contributed by atoms with E-state index in [-0.39, 0.29) is 12.0 Å². The molecule has 3 aliphatic rings. The fourth-order valence-corrected chi connectivity index (χ4v) is 5.69. The van der Waals surface area contributed by atoms with E-state index in [9.17, 15) is 9.35 Å². The van der Waals surface area contributed by atoms with Gasteiger partial charge in [-0.2, -0.15) is 20.1 Å². The van der Waals surface area contributed by atoms with Crippen molar-refractivity contribution in [3.63, 3.8) is 0 Å². The Bertz CT molecular complexity index is 1270. The molecule has 0 aromatic carbocycles. The molecule has 3 aromatic rings. The number of H-pyrrole nitrogens is 1. The van der Waals surface area contributed by atoms with Gasteiger partial charge >= 0.3 is 0 Å². The second-order valence-electron chi connectivity index (χ2n) is 9.54. The summed E-state index contributed by atoms with van der Waals surface area (Å²) in [4.78, 5) is 39.4. The van der Waals surface area contributed by atoms with Gasteiger partial charge < -0.3 is 29.7 Å². The molecule has 200 valence electrons. The molecule has 2 saturated heterocycles. The first-order valence-corrected chi connectivity index (χ1v) is 14.1. The molecule has 38 heavy (non-hydrogen) atoms. The van der Waals surface area contributed by atoms with E-state index in [0.717, 1.165) is 18.5 Å². The summed E-state index contributed by atoms with van der Waals surface area (Å²) in [5.74, 6) is 3.54. The fraction of sp³-hybridized carbons (Fsp3) is 0.522. The van der Waals surface area contributed by atoms with Crippen LogP contribution in [-0.2, 0) is 20.7 Å². The molecule has 0 unspecified atom stereocenters. The summed E-state index contributed by atoms with van der Waals surface area (Å²) < 4.78 is 17.6. The quantitative estimate of drug-likeness (QED) is 0.344. The number of nitrogens with zero attached hydrogens (tertiary/aromatic N) is 8. The summed E-state index contributed by atoms with van der Waals surface area (Å²) in [6, 6.07) is 1.38. The van der Waals surface area contributed by atoms with E-state index in [1.807, 2.05) is 15.9 Å². The molecule has 15 heteroatoms. The van der Waals surface area contributed by atoms with Gasteiger partial charge in [-0.15, -0.1) is 0 Å². The van der Waals surface area contributed by atoms with Crippen molar-refractivity contribution in [3.8, 4) is 0 Å². The highest BCUT2D eigenvalue weighted by molar-refractivity contribution is 7.91. The van der Waals surface area contributed by atoms with Gasteiger partial charge in [0.15, 0.2) is 5.82 Å². The lowest BCUT2D eigenvalue weighted by atomic mass is 10.2. The third-order valence-electron chi connectivity index (χ3n) is 6.88. The summed E-state index contributed by atoms with van der Waals surface area (Å²) in [6.07, 6.45) is 7.13. The zero-order valence-corrected chi connectivity index (χ0v) is 21.7. The van der Waals surface area contributed by atoms with Crippen LogP contribution in [0, 0.1) is 0 Å². The van der Waals surface area contributed by atoms with Crippen molar-refractivity contribution in [2.24, 2.45) is 0 Å². The van der Waals surface area contributed by atoms with Gasteiger partial charge in [0.05, 0.1) is 31.1 Å². The molecule has 0 radical (unpaired) electrons. The van der Waals surface area contributed by atoms with E-state index in [4.69, 9.17) is 14.7 Å². The van der Waals surface area contributed by atoms with Gasteiger partial charge in [0.2, 0.25) is 23.8 Å². The Morgan fingerprint density at radius 3 is 2.74 bits per heavy atom. The van der Waals surface area contributed by atoms with Gasteiger partial charge in [0.25, 0.3) is 0 Å². The molecule has 14 nitrogen and oxygen atoms in total. The van der Waals surface area contributed by atoms with Crippen LogP contribution in [0.3, 0.4) is 0 Å². The normalized spacial score (nSPS) is 22.1. The number of carbonyl (C=O) groups is 1. The van der Waals surface area contributed by atoms with Crippen molar-refractivity contribution in [2.75, 3.05) is 58.7 Å². The van der Waals surface area contributed by atoms with Crippen LogP contribution in [0.1, 0.15) is 30.9 Å². The smallest absolute Gasteiger partial charge is 0.248 e. The van der Waals surface area contributed by atoms with E-state index < -0.39 is 17.2 Å². The molecule has 3 aromatic heterocycles. The monoisotopic (exact) mass is 539 g/mol. The lowest BCUT2D eigenvalue weighted by molar-refractivity contribution is -0.117. The summed E-state index contributed by atoms with van der Waals surface area (Å²) >= 11 is -0.845. The third kappa shape index (κ3) is 5.49. The fourth-order valence-electron chi connectivity index (χ4n) is 4.64. The molecule has 1 saturated carbocycles. The van der Waals surface area contributed by atoms with Crippen LogP contribution < -0.4 is 20.4 Å². The van der Waals surface area contributed by atoms with Crippen LogP contribution in [0.5, 0.6) is 0 Å². The topological polar surface area (TPSA) is 173 Å². The number of methoxy groups -OCH3 is 1. The number of nitrogens with one attached hydrogen (secondary N) is 3. The van der Waals surface area contributed by atoms with E-state index in [0.29, 0.717) is 73.0 Å². The maximum absolute atomic E-state index is 13.3. The maximum atomic E-state index is 13.3. The predicted molar refractivity (Wildman–Crippen MR) is 141 cm³/mol. The number of anilines is 5. The van der Waals surface area contributed by atoms with Crippen LogP contribution in [0.4, 0.5) is 29.5 Å². The van der Waals surface area contributed by atoms with E-state index in [2.05, 4.69) is 35.8 Å². The van der Waals surface area contributed by atoms with Gasteiger partial charge in [0, 0.05) is 44.5 Å². The van der Waals surface area contributed by atoms with E-state index in [1.165, 1.54) is 12.4 Å². The Morgan fingerprint density at radius 2 is 2.00 bits per heavy atom. The standard InChI is InChI=1S/C23H29N11O3S/c1-37-15-10-17(20(35)26-19-12-24-4-5-25-19)34(13-15)23-29-21(27-18-11-16(31-32-18)14-2-3-14)28-22(30-23)33-6-8-38(36)9-7-33/h4-5,11-12,14-15,17H,2-3,6-10,13H2,1H3,(H,25,26,35)(H2,27,28,29,30,31,32)/t15-,17-/m0/s1. The molecule has 0 bridgehead atoms. The minimum atomic E-state index is -0.845. The lowest BCUT2D eigenvalue weighted by Gasteiger charge is -2.29. The van der Waals surface area contributed by atoms with E-state index in [1.54, 1.807) is 13.3 Å². The summed E-state index contributed by atoms with van der Waals surface area (Å²) in [5.41, 5.74) is 1.02. The highest BCUT2D eigenvalue weighted by Crippen LogP contribution is 2.39. The largest absolute Gasteiger partial charge is 0.616 e. The number of aromatic nitrogens is 7. The van der Waals surface area contributed by atoms with Gasteiger partial charge in [-0.3, -0.25) is 14.9 Å². The molecule has 6 rings (SSSR count). The Hall–Kier alpha value is -3.56. The molecular weight excluding hydrogens is 510 g/mol. The van der Waals surface area contributed by atoms with Crippen molar-refractivity contribution in [2.45, 2.75) is 37.3 Å². The lowest BCUT2D eigenvalue weighted by Crippen LogP contribution is -2.43. The van der Waals surface area contributed by atoms with Gasteiger partial charge in [0.1, 0.15) is 23.4 Å². The van der Waals surface area contributed by atoms with Gasteiger partial charge in [-0.25, -0.2) is 4.98 Å². The van der Waals surface area contributed by atoms with Crippen molar-refractivity contribution >= 4 is 46.6 Å². The van der Waals surface area contributed by atoms with Crippen molar-refractivity contribution in [3.05, 3.63) is 30.4 Å². The molecule has 0 spiro atoms. The first-order chi connectivity index (χ1) is 18.6. The summed E-state index contributed by atoms with van der Waals surface area (Å²) in [5, 5.41) is 13.5. The molecule has 3 N–H and O–H groups in total. The van der Waals surface area contributed by atoms with Crippen LogP contribution in [0.15, 0.2) is 24.7 Å². The summed E-state index contributed by atoms with van der Waals surface area (Å²) in [7, 11) is 1.63. The third-order valence-corrected chi connectivity index (χ3v) is 8.16. The Balaban J connectivity index is 1.30. The SMILES string of the molecule is CO[C@H]1C[C@@H](C(=O)Nc2cnccn2)N(c2nc(Nc3cc(C4CC4)n[nH]3)nc(N3CC[S+]([O-])CC3)n2)C1. The Labute approximate surface area is 222 Å². The molecule has 2 aliphatic heterocycles. The zero-order chi connectivity index (χ0) is 26.1. The van der Waals surface area contributed by atoms with Crippen molar-refractivity contribution in [1.82, 2.24) is 35.1 Å². The maximum Gasteiger partial charge on any atom is 0.248 e. The predicted octanol–water partition coefficient (Wildman–Crippen LogP) is 0.807. The highest BCUT2D eigenvalue weighted by atomic mass is 32.2. The van der Waals surface area contributed by atoms with Crippen molar-refractivity contribution in [1.29, 1.82) is 0 Å². The second kappa shape index (κ2) is 10.7. The number of hydrogen-bond donors (Lipinski definition) is 3. The number of aromatic amines is 1. The van der Waals surface area contributed by atoms with Crippen LogP contribution in [-0.4, -0.2) is 96.0 Å². The van der Waals surface area contributed by atoms with Crippen molar-refractivity contribution < 1.29 is 14.1 Å². The van der Waals surface area contributed by atoms with Crippen LogP contribution in [0.2, 0.25) is 0 Å². The molecule has 1 amide bonds. The molecule has 3 fully saturated rings. The molecule has 2 atom stereocenters. The molecule has 1 aliphatic carbocycles. The second-order valence-corrected chi connectivity index (χ2v) is 11.2. The Morgan fingerprint density at radius 1 is 1.18 bits per heavy atom. The number of amides is 1. The van der Waals surface area contributed by atoms with Gasteiger partial charge in [-0.05, 0) is 12.8 Å². The van der Waals surface area contributed by atoms with Crippen LogP contribution >= 0.6 is 0 Å². The van der Waals surface area contributed by atoms with Gasteiger partial charge in [-0.1, -0.05) is 11.2 Å². The van der Waals surface area contributed by atoms with E-state index >= 15 is 0 Å². The first kappa shape index (κ1) is 24.8. The Kier molecular flexibility index (Phi) is 6.95. The first-order valence-electron chi connectivity index (χ1n) is 12.6. The number of rotatable bonds is 8. The van der Waals surface area contributed by atoms with Crippen LogP contribution in [0.25, 0.3) is 0 Å².